The zero-order valence-corrected chi connectivity index (χ0v) is 45.6. The van der Waals surface area contributed by atoms with E-state index in [-0.39, 0.29) is 46.5 Å². The van der Waals surface area contributed by atoms with Gasteiger partial charge in [0.1, 0.15) is 0 Å². The second-order valence-electron chi connectivity index (χ2n) is 23.5. The second kappa shape index (κ2) is 17.3. The van der Waals surface area contributed by atoms with E-state index >= 15 is 0 Å². The first kappa shape index (κ1) is 48.3. The molecule has 4 aliphatic rings. The van der Waals surface area contributed by atoms with Crippen LogP contribution in [0, 0.1) is 0 Å². The zero-order chi connectivity index (χ0) is 42.4. The van der Waals surface area contributed by atoms with Crippen LogP contribution in [-0.4, -0.2) is 0 Å². The maximum atomic E-state index is 2.77. The second-order valence-corrected chi connectivity index (χ2v) is 40.2. The monoisotopic (exact) mass is 1020 g/mol. The van der Waals surface area contributed by atoms with Crippen molar-refractivity contribution in [1.82, 2.24) is 0 Å². The van der Waals surface area contributed by atoms with Gasteiger partial charge in [-0.15, -0.1) is 24.8 Å². The predicted molar refractivity (Wildman–Crippen MR) is 270 cm³/mol. The Morgan fingerprint density at radius 3 is 1.10 bits per heavy atom. The fourth-order valence-electron chi connectivity index (χ4n) is 12.2. The van der Waals surface area contributed by atoms with E-state index in [0.717, 1.165) is 7.35 Å². The molecule has 1 heterocycles. The maximum absolute atomic E-state index is 3.38. The first-order chi connectivity index (χ1) is 27.7. The van der Waals surface area contributed by atoms with E-state index < -0.39 is 20.0 Å². The molecule has 3 aliphatic carbocycles. The van der Waals surface area contributed by atoms with E-state index in [2.05, 4.69) is 182 Å². The van der Waals surface area contributed by atoms with Gasteiger partial charge in [-0.2, -0.15) is 0 Å². The molecule has 0 N–H and O–H groups in total. The number of benzene rings is 4. The summed E-state index contributed by atoms with van der Waals surface area (Å²) in [5, 5.41) is 0. The van der Waals surface area contributed by atoms with Gasteiger partial charge in [-0.05, 0) is 0 Å². The maximum Gasteiger partial charge on any atom is -0.147 e. The Balaban J connectivity index is 0.00000311. The van der Waals surface area contributed by atoms with Crippen LogP contribution >= 0.6 is 24.8 Å². The van der Waals surface area contributed by atoms with Crippen LogP contribution in [0.25, 0.3) is 34.4 Å². The SMILES string of the molecule is CCCC1=Cc2c(-c3cc(C(C)(C)C)cc(C(C)(C)C)c3)cccc2[CH]1[Hf]1([CH]2C(CCC)=Cc3c(-c4cc(C(C)(C)C)cc(C(C)(C)C)c4)cccc32)[CH]2CCCC[CH]21.Cl.Cl. The van der Waals surface area contributed by atoms with E-state index in [4.69, 9.17) is 0 Å². The molecule has 0 bridgehead atoms. The first-order valence-corrected chi connectivity index (χ1v) is 32.0. The minimum atomic E-state index is -3.38. The van der Waals surface area contributed by atoms with E-state index in [9.17, 15) is 0 Å². The van der Waals surface area contributed by atoms with Gasteiger partial charge >= 0.3 is 367 Å². The third-order valence-corrected chi connectivity index (χ3v) is 40.2. The molecule has 4 aromatic carbocycles. The van der Waals surface area contributed by atoms with Gasteiger partial charge in [0.2, 0.25) is 0 Å². The smallest absolute Gasteiger partial charge is 0.147 e. The summed E-state index contributed by atoms with van der Waals surface area (Å²) in [7, 11) is 0. The summed E-state index contributed by atoms with van der Waals surface area (Å²) in [5.74, 6) is 0. The number of halogens is 2. The molecule has 2 fully saturated rings. The number of fused-ring (bicyclic) bond motifs is 3. The number of rotatable bonds is 8. The molecule has 61 heavy (non-hydrogen) atoms. The summed E-state index contributed by atoms with van der Waals surface area (Å²) in [5.41, 5.74) is 22.1. The Bertz CT molecular complexity index is 2100. The van der Waals surface area contributed by atoms with Crippen LogP contribution in [0.2, 0.25) is 7.35 Å². The van der Waals surface area contributed by atoms with Gasteiger partial charge in [0.05, 0.1) is 0 Å². The van der Waals surface area contributed by atoms with Crippen molar-refractivity contribution in [3.63, 3.8) is 0 Å². The molecule has 328 valence electrons. The molecule has 3 heteroatoms. The van der Waals surface area contributed by atoms with Crippen molar-refractivity contribution in [2.75, 3.05) is 0 Å². The van der Waals surface area contributed by atoms with Gasteiger partial charge in [0.25, 0.3) is 0 Å². The van der Waals surface area contributed by atoms with Crippen molar-refractivity contribution in [3.05, 3.63) is 128 Å². The molecular formula is C58H78Cl2Hf. The normalized spacial score (nSPS) is 23.2. The summed E-state index contributed by atoms with van der Waals surface area (Å²) in [6, 6.07) is 30.2. The van der Waals surface area contributed by atoms with E-state index in [0.29, 0.717) is 7.35 Å². The molecule has 0 aromatic heterocycles. The number of allylic oxidation sites excluding steroid dienone is 2. The molecule has 4 unspecified atom stereocenters. The number of hydrogen-bond donors (Lipinski definition) is 0. The van der Waals surface area contributed by atoms with Crippen molar-refractivity contribution >= 4 is 37.0 Å². The van der Waals surface area contributed by atoms with Crippen LogP contribution in [0.3, 0.4) is 0 Å². The van der Waals surface area contributed by atoms with Crippen LogP contribution in [0.1, 0.15) is 200 Å². The van der Waals surface area contributed by atoms with Crippen LogP contribution in [0.4, 0.5) is 0 Å². The molecule has 4 atom stereocenters. The third-order valence-electron chi connectivity index (χ3n) is 15.3. The van der Waals surface area contributed by atoms with E-state index in [1.54, 1.807) is 22.3 Å². The third kappa shape index (κ3) is 8.59. The van der Waals surface area contributed by atoms with Gasteiger partial charge in [0, 0.05) is 0 Å². The van der Waals surface area contributed by atoms with Gasteiger partial charge in [-0.25, -0.2) is 0 Å². The van der Waals surface area contributed by atoms with Crippen LogP contribution in [0.5, 0.6) is 0 Å². The molecule has 1 saturated heterocycles. The predicted octanol–water partition coefficient (Wildman–Crippen LogP) is 18.5. The van der Waals surface area contributed by atoms with Crippen molar-refractivity contribution in [1.29, 1.82) is 0 Å². The summed E-state index contributed by atoms with van der Waals surface area (Å²) < 4.78 is 3.33. The molecule has 1 saturated carbocycles. The largest absolute Gasteiger partial charge is 0.147 e. The molecule has 4 aromatic rings. The molecule has 0 nitrogen and oxygen atoms in total. The number of hydrogen-bond acceptors (Lipinski definition) is 0. The fourth-order valence-corrected chi connectivity index (χ4v) is 47.6. The minimum absolute atomic E-state index is 0. The average Bonchev–Trinajstić information content (AvgIpc) is 3.43. The van der Waals surface area contributed by atoms with Crippen molar-refractivity contribution < 1.29 is 20.0 Å². The van der Waals surface area contributed by atoms with Crippen LogP contribution < -0.4 is 0 Å². The fraction of sp³-hybridized carbons (Fsp3) is 0.517. The Kier molecular flexibility index (Phi) is 13.7. The van der Waals surface area contributed by atoms with Gasteiger partial charge in [0.15, 0.2) is 0 Å². The molecule has 0 radical (unpaired) electrons. The Morgan fingerprint density at radius 2 is 0.803 bits per heavy atom. The van der Waals surface area contributed by atoms with Crippen molar-refractivity contribution in [3.8, 4) is 22.3 Å². The Labute approximate surface area is 389 Å². The molecule has 0 amide bonds. The quantitative estimate of drug-likeness (QED) is 0.154. The summed E-state index contributed by atoms with van der Waals surface area (Å²) in [6.45, 7) is 33.5. The van der Waals surface area contributed by atoms with Gasteiger partial charge < -0.3 is 0 Å². The van der Waals surface area contributed by atoms with Crippen molar-refractivity contribution in [2.24, 2.45) is 0 Å². The molecule has 8 rings (SSSR count). The van der Waals surface area contributed by atoms with Crippen LogP contribution in [-0.2, 0) is 41.6 Å². The van der Waals surface area contributed by atoms with Crippen molar-refractivity contribution in [2.45, 2.75) is 185 Å². The van der Waals surface area contributed by atoms with Gasteiger partial charge in [-0.1, -0.05) is 0 Å². The molecule has 0 spiro atoms. The Morgan fingerprint density at radius 1 is 0.475 bits per heavy atom. The summed E-state index contributed by atoms with van der Waals surface area (Å²) in [6.07, 6.45) is 16.3. The van der Waals surface area contributed by atoms with E-state index in [1.807, 2.05) is 11.1 Å². The first-order valence-electron chi connectivity index (χ1n) is 23.7. The summed E-state index contributed by atoms with van der Waals surface area (Å²) >= 11 is -3.38. The molecular weight excluding hydrogens is 946 g/mol. The zero-order valence-electron chi connectivity index (χ0n) is 40.4. The topological polar surface area (TPSA) is 0 Å². The standard InChI is InChI=1S/2C26H33.C6H10.2ClH.Hf/c2*1-8-10-18-13-19-11-9-12-23(24(19)14-18)20-15-21(25(2,3)4)17-22(16-20)26(5,6)7;1-2-4-6-5-3-1;;;/h2*9,11-17H,8,10H2,1-7H3;1-2H,3-6H2;2*1H;. The van der Waals surface area contributed by atoms with Gasteiger partial charge in [-0.3, -0.25) is 0 Å². The minimum Gasteiger partial charge on any atom is -0.147 e. The van der Waals surface area contributed by atoms with E-state index in [1.165, 1.54) is 95.9 Å². The van der Waals surface area contributed by atoms with Crippen LogP contribution in [0.15, 0.2) is 83.9 Å². The Hall–Kier alpha value is -2.19. The summed E-state index contributed by atoms with van der Waals surface area (Å²) in [4.78, 5) is 0. The molecule has 1 aliphatic heterocycles. The average molecular weight is 1020 g/mol.